The minimum atomic E-state index is 0.102. The average Bonchev–Trinajstić information content (AvgIpc) is 2.54. The van der Waals surface area contributed by atoms with Crippen molar-refractivity contribution in [3.05, 3.63) is 71.8 Å². The summed E-state index contributed by atoms with van der Waals surface area (Å²) in [4.78, 5) is 2.38. The Morgan fingerprint density at radius 1 is 0.952 bits per heavy atom. The first-order valence-corrected chi connectivity index (χ1v) is 7.70. The van der Waals surface area contributed by atoms with Gasteiger partial charge in [-0.2, -0.15) is 0 Å². The molecule has 2 atom stereocenters. The van der Waals surface area contributed by atoms with Gasteiger partial charge in [-0.3, -0.25) is 0 Å². The Morgan fingerprint density at radius 2 is 1.52 bits per heavy atom. The molecule has 0 radical (unpaired) electrons. The number of likely N-dealkylation sites (N-methyl/N-ethyl adjacent to an activating group) is 1. The molecule has 2 rings (SSSR count). The highest BCUT2D eigenvalue weighted by Gasteiger charge is 2.16. The summed E-state index contributed by atoms with van der Waals surface area (Å²) in [5, 5.41) is 0. The molecule has 2 unspecified atom stereocenters. The molecule has 112 valence electrons. The topological polar surface area (TPSA) is 29.3 Å². The van der Waals surface area contributed by atoms with Crippen LogP contribution in [0.2, 0.25) is 0 Å². The minimum absolute atomic E-state index is 0.102. The number of benzene rings is 2. The first-order chi connectivity index (χ1) is 10.2. The van der Waals surface area contributed by atoms with E-state index in [0.717, 1.165) is 19.5 Å². The van der Waals surface area contributed by atoms with Crippen molar-refractivity contribution in [1.29, 1.82) is 0 Å². The van der Waals surface area contributed by atoms with Gasteiger partial charge in [-0.05, 0) is 30.5 Å². The lowest BCUT2D eigenvalue weighted by Gasteiger charge is -2.26. The summed E-state index contributed by atoms with van der Waals surface area (Å²) < 4.78 is 0. The van der Waals surface area contributed by atoms with Crippen LogP contribution in [-0.4, -0.2) is 25.0 Å². The van der Waals surface area contributed by atoms with Crippen molar-refractivity contribution in [2.24, 2.45) is 11.7 Å². The second-order valence-corrected chi connectivity index (χ2v) is 5.91. The van der Waals surface area contributed by atoms with Crippen molar-refractivity contribution in [3.8, 4) is 0 Å². The number of rotatable bonds is 7. The minimum Gasteiger partial charge on any atom is -0.324 e. The smallest absolute Gasteiger partial charge is 0.0333 e. The highest BCUT2D eigenvalue weighted by atomic mass is 15.1. The van der Waals surface area contributed by atoms with Gasteiger partial charge in [-0.15, -0.1) is 0 Å². The Labute approximate surface area is 128 Å². The van der Waals surface area contributed by atoms with Gasteiger partial charge < -0.3 is 10.6 Å². The normalized spacial score (nSPS) is 14.1. The Bertz CT molecular complexity index is 510. The first kappa shape index (κ1) is 15.7. The van der Waals surface area contributed by atoms with Crippen molar-refractivity contribution < 1.29 is 0 Å². The highest BCUT2D eigenvalue weighted by molar-refractivity contribution is 5.19. The van der Waals surface area contributed by atoms with E-state index < -0.39 is 0 Å². The predicted molar refractivity (Wildman–Crippen MR) is 90.2 cm³/mol. The fourth-order valence-corrected chi connectivity index (χ4v) is 2.66. The Hall–Kier alpha value is -1.64. The van der Waals surface area contributed by atoms with Crippen LogP contribution in [0.4, 0.5) is 0 Å². The van der Waals surface area contributed by atoms with Crippen molar-refractivity contribution in [2.45, 2.75) is 19.4 Å². The van der Waals surface area contributed by atoms with Gasteiger partial charge in [0.15, 0.2) is 0 Å². The molecule has 2 nitrogen and oxygen atoms in total. The van der Waals surface area contributed by atoms with E-state index in [1.807, 2.05) is 6.07 Å². The number of hydrogen-bond donors (Lipinski definition) is 1. The van der Waals surface area contributed by atoms with E-state index in [1.165, 1.54) is 11.1 Å². The maximum atomic E-state index is 6.37. The van der Waals surface area contributed by atoms with E-state index in [4.69, 9.17) is 5.73 Å². The molecule has 0 aliphatic heterocycles. The van der Waals surface area contributed by atoms with Crippen LogP contribution in [0.3, 0.4) is 0 Å². The van der Waals surface area contributed by atoms with Gasteiger partial charge in [0, 0.05) is 19.1 Å². The van der Waals surface area contributed by atoms with E-state index >= 15 is 0 Å². The zero-order valence-corrected chi connectivity index (χ0v) is 13.1. The van der Waals surface area contributed by atoms with E-state index in [2.05, 4.69) is 73.5 Å². The zero-order valence-electron chi connectivity index (χ0n) is 13.1. The third-order valence-corrected chi connectivity index (χ3v) is 4.02. The second kappa shape index (κ2) is 7.96. The molecule has 0 saturated heterocycles. The van der Waals surface area contributed by atoms with Crippen LogP contribution in [-0.2, 0) is 6.42 Å². The van der Waals surface area contributed by atoms with Crippen LogP contribution in [0, 0.1) is 5.92 Å². The highest BCUT2D eigenvalue weighted by Crippen LogP contribution is 2.19. The van der Waals surface area contributed by atoms with Gasteiger partial charge in [0.2, 0.25) is 0 Å². The molecular formula is C19H26N2. The molecule has 2 aromatic rings. The maximum Gasteiger partial charge on any atom is 0.0333 e. The van der Waals surface area contributed by atoms with Gasteiger partial charge in [-0.25, -0.2) is 0 Å². The monoisotopic (exact) mass is 282 g/mol. The summed E-state index contributed by atoms with van der Waals surface area (Å²) in [5.41, 5.74) is 8.98. The van der Waals surface area contributed by atoms with Gasteiger partial charge >= 0.3 is 0 Å². The fraction of sp³-hybridized carbons (Fsp3) is 0.368. The lowest BCUT2D eigenvalue weighted by Crippen LogP contribution is -2.32. The Balaban J connectivity index is 1.80. The number of nitrogens with zero attached hydrogens (tertiary/aromatic N) is 1. The van der Waals surface area contributed by atoms with Crippen LogP contribution in [0.15, 0.2) is 60.7 Å². The molecule has 21 heavy (non-hydrogen) atoms. The predicted octanol–water partition coefficient (Wildman–Crippen LogP) is 3.50. The van der Waals surface area contributed by atoms with E-state index in [-0.39, 0.29) is 6.04 Å². The van der Waals surface area contributed by atoms with Gasteiger partial charge in [0.05, 0.1) is 0 Å². The van der Waals surface area contributed by atoms with Crippen LogP contribution in [0.5, 0.6) is 0 Å². The Kier molecular flexibility index (Phi) is 5.97. The Morgan fingerprint density at radius 3 is 2.14 bits per heavy atom. The molecule has 0 spiro atoms. The maximum absolute atomic E-state index is 6.37. The quantitative estimate of drug-likeness (QED) is 0.842. The van der Waals surface area contributed by atoms with Crippen LogP contribution >= 0.6 is 0 Å². The summed E-state index contributed by atoms with van der Waals surface area (Å²) >= 11 is 0. The lowest BCUT2D eigenvalue weighted by atomic mass is 9.95. The molecular weight excluding hydrogens is 256 g/mol. The molecule has 0 aliphatic carbocycles. The van der Waals surface area contributed by atoms with Crippen molar-refractivity contribution >= 4 is 0 Å². The summed E-state index contributed by atoms with van der Waals surface area (Å²) in [6.07, 6.45) is 1.09. The number of nitrogens with two attached hydrogens (primary N) is 1. The standard InChI is InChI=1S/C19H26N2/c1-16(19(20)18-11-7-4-8-12-18)15-21(2)14-13-17-9-5-3-6-10-17/h3-12,16,19H,13-15,20H2,1-2H3. The van der Waals surface area contributed by atoms with Gasteiger partial charge in [0.1, 0.15) is 0 Å². The number of hydrogen-bond acceptors (Lipinski definition) is 2. The first-order valence-electron chi connectivity index (χ1n) is 7.70. The van der Waals surface area contributed by atoms with Gasteiger partial charge in [-0.1, -0.05) is 67.6 Å². The van der Waals surface area contributed by atoms with E-state index in [1.54, 1.807) is 0 Å². The molecule has 2 N–H and O–H groups in total. The second-order valence-electron chi connectivity index (χ2n) is 5.91. The molecule has 0 aliphatic rings. The molecule has 0 fully saturated rings. The molecule has 2 heteroatoms. The molecule has 0 heterocycles. The third kappa shape index (κ3) is 5.00. The van der Waals surface area contributed by atoms with Crippen molar-refractivity contribution in [2.75, 3.05) is 20.1 Å². The SMILES string of the molecule is CC(CN(C)CCc1ccccc1)C(N)c1ccccc1. The van der Waals surface area contributed by atoms with Crippen molar-refractivity contribution in [1.82, 2.24) is 4.90 Å². The third-order valence-electron chi connectivity index (χ3n) is 4.02. The fourth-order valence-electron chi connectivity index (χ4n) is 2.66. The zero-order chi connectivity index (χ0) is 15.1. The molecule has 2 aromatic carbocycles. The lowest BCUT2D eigenvalue weighted by molar-refractivity contribution is 0.267. The molecule has 0 bridgehead atoms. The van der Waals surface area contributed by atoms with Crippen LogP contribution < -0.4 is 5.73 Å². The average molecular weight is 282 g/mol. The van der Waals surface area contributed by atoms with Gasteiger partial charge in [0.25, 0.3) is 0 Å². The summed E-state index contributed by atoms with van der Waals surface area (Å²) in [6, 6.07) is 21.1. The van der Waals surface area contributed by atoms with Crippen LogP contribution in [0.1, 0.15) is 24.1 Å². The largest absolute Gasteiger partial charge is 0.324 e. The molecule has 0 amide bonds. The summed E-state index contributed by atoms with van der Waals surface area (Å²) in [5.74, 6) is 0.438. The summed E-state index contributed by atoms with van der Waals surface area (Å²) in [6.45, 7) is 4.31. The van der Waals surface area contributed by atoms with E-state index in [0.29, 0.717) is 5.92 Å². The summed E-state index contributed by atoms with van der Waals surface area (Å²) in [7, 11) is 2.18. The molecule has 0 aromatic heterocycles. The van der Waals surface area contributed by atoms with Crippen LogP contribution in [0.25, 0.3) is 0 Å². The van der Waals surface area contributed by atoms with E-state index in [9.17, 15) is 0 Å². The molecule has 0 saturated carbocycles. The van der Waals surface area contributed by atoms with Crippen molar-refractivity contribution in [3.63, 3.8) is 0 Å².